The predicted octanol–water partition coefficient (Wildman–Crippen LogP) is 4.94. The maximum absolute atomic E-state index is 14.4. The molecule has 1 heterocycles. The molecule has 7 N–H and O–H groups in total. The Morgan fingerprint density at radius 1 is 0.892 bits per heavy atom. The third-order valence-electron chi connectivity index (χ3n) is 14.2. The fourth-order valence-electron chi connectivity index (χ4n) is 10.9. The summed E-state index contributed by atoms with van der Waals surface area (Å²) in [6.45, 7) is 8.32. The summed E-state index contributed by atoms with van der Waals surface area (Å²) in [4.78, 5) is 59.7. The lowest BCUT2D eigenvalue weighted by molar-refractivity contribution is -0.163. The van der Waals surface area contributed by atoms with E-state index in [1.165, 1.54) is 0 Å². The van der Waals surface area contributed by atoms with Gasteiger partial charge in [-0.05, 0) is 163 Å². The van der Waals surface area contributed by atoms with E-state index in [4.69, 9.17) is 21.7 Å². The van der Waals surface area contributed by atoms with E-state index < -0.39 is 23.5 Å². The SMILES string of the molecule is [2H]NCCCCC(NCN(C)CCCN(C)CCCN(C)C(=O)c1ccc(-n2nc(C(=O)NC3(C(=O)O)C4CC5CC(C4)CC3C5)cc2-c2c(OC)cccc2OC)c(C(C)C)c1)C(N)=O. The van der Waals surface area contributed by atoms with Crippen molar-refractivity contribution in [2.75, 3.05) is 74.8 Å². The van der Waals surface area contributed by atoms with E-state index in [0.717, 1.165) is 83.0 Å². The van der Waals surface area contributed by atoms with Crippen molar-refractivity contribution < 1.29 is 35.2 Å². The van der Waals surface area contributed by atoms with Crippen molar-refractivity contribution in [1.82, 2.24) is 35.1 Å². The zero-order valence-electron chi connectivity index (χ0n) is 40.5. The molecule has 1 unspecified atom stereocenters. The first-order chi connectivity index (χ1) is 31.6. The van der Waals surface area contributed by atoms with Crippen molar-refractivity contribution in [3.8, 4) is 28.4 Å². The van der Waals surface area contributed by atoms with Crippen LogP contribution in [-0.2, 0) is 9.59 Å². The lowest BCUT2D eigenvalue weighted by Gasteiger charge is -2.59. The van der Waals surface area contributed by atoms with Crippen LogP contribution in [0.15, 0.2) is 42.5 Å². The summed E-state index contributed by atoms with van der Waals surface area (Å²) in [7, 11) is 9.04. The number of aliphatic carboxylic acids is 1. The summed E-state index contributed by atoms with van der Waals surface area (Å²) in [5, 5.41) is 22.1. The van der Waals surface area contributed by atoms with Gasteiger partial charge in [0.2, 0.25) is 5.91 Å². The van der Waals surface area contributed by atoms with Gasteiger partial charge in [-0.2, -0.15) is 5.10 Å². The Labute approximate surface area is 386 Å². The number of aromatic nitrogens is 2. The first-order valence-corrected chi connectivity index (χ1v) is 23.4. The minimum atomic E-state index is -1.35. The lowest BCUT2D eigenvalue weighted by Crippen LogP contribution is -2.70. The molecule has 0 spiro atoms. The topological polar surface area (TPSA) is 211 Å². The molecule has 7 rings (SSSR count). The van der Waals surface area contributed by atoms with Gasteiger partial charge >= 0.3 is 5.97 Å². The van der Waals surface area contributed by atoms with E-state index in [2.05, 4.69) is 33.2 Å². The van der Waals surface area contributed by atoms with Gasteiger partial charge in [0.15, 0.2) is 5.69 Å². The summed E-state index contributed by atoms with van der Waals surface area (Å²) >= 11 is 0. The Bertz CT molecular complexity index is 2110. The standard InChI is InChI=1S/C49H73N9O7/c1-31(2)37-28-34(47(61)57(5)22-12-20-55(3)19-11-21-56(4)30-52-38(45(51)59)13-8-9-18-50)16-17-40(37)58-41(44-42(64-6)14-10-15-43(44)65-7)29-39(54-58)46(60)53-49(48(62)63)35-24-32-23-33(26-35)27-36(49)25-32/h10,14-17,28-29,31-33,35-36,38,52H,8-9,11-13,18-27,30,50H2,1-7H3,(H2,51,59)(H,53,60)(H,62,63)/i/hD. The summed E-state index contributed by atoms with van der Waals surface area (Å²) in [5.41, 5.74) is 9.84. The van der Waals surface area contributed by atoms with Crippen LogP contribution >= 0.6 is 0 Å². The van der Waals surface area contributed by atoms with Crippen LogP contribution in [0.25, 0.3) is 16.9 Å². The summed E-state index contributed by atoms with van der Waals surface area (Å²) < 4.78 is 20.4. The Balaban J connectivity index is 1.13. The molecule has 4 bridgehead atoms. The quantitative estimate of drug-likeness (QED) is 0.0537. The van der Waals surface area contributed by atoms with Gasteiger partial charge in [-0.15, -0.1) is 0 Å². The predicted molar refractivity (Wildman–Crippen MR) is 251 cm³/mol. The minimum absolute atomic E-state index is 0.0504. The summed E-state index contributed by atoms with van der Waals surface area (Å²) in [6, 6.07) is 12.3. The fourth-order valence-corrected chi connectivity index (χ4v) is 10.9. The molecule has 16 nitrogen and oxygen atoms in total. The first-order valence-electron chi connectivity index (χ1n) is 23.9. The van der Waals surface area contributed by atoms with Crippen molar-refractivity contribution >= 4 is 23.7 Å². The van der Waals surface area contributed by atoms with Crippen LogP contribution < -0.4 is 31.6 Å². The van der Waals surface area contributed by atoms with Crippen LogP contribution in [0, 0.1) is 23.7 Å². The molecule has 1 aromatic heterocycles. The number of nitrogens with one attached hydrogen (secondary N) is 2. The molecular weight excluding hydrogens is 827 g/mol. The van der Waals surface area contributed by atoms with Crippen molar-refractivity contribution in [2.45, 2.75) is 95.6 Å². The monoisotopic (exact) mass is 901 g/mol. The normalized spacial score (nSPS) is 21.7. The first kappa shape index (κ1) is 47.9. The second-order valence-corrected chi connectivity index (χ2v) is 19.1. The van der Waals surface area contributed by atoms with Crippen molar-refractivity contribution in [2.24, 2.45) is 35.1 Å². The second-order valence-electron chi connectivity index (χ2n) is 19.1. The Morgan fingerprint density at radius 3 is 2.11 bits per heavy atom. The molecule has 0 radical (unpaired) electrons. The number of rotatable bonds is 26. The number of primary amides is 1. The molecule has 3 amide bonds. The van der Waals surface area contributed by atoms with Crippen molar-refractivity contribution in [3.05, 3.63) is 59.3 Å². The molecule has 4 fully saturated rings. The van der Waals surface area contributed by atoms with Crippen LogP contribution in [0.4, 0.5) is 0 Å². The highest BCUT2D eigenvalue weighted by molar-refractivity contribution is 5.98. The highest BCUT2D eigenvalue weighted by atomic mass is 16.5. The second kappa shape index (κ2) is 22.0. The van der Waals surface area contributed by atoms with Crippen LogP contribution in [0.3, 0.4) is 0 Å². The van der Waals surface area contributed by atoms with Gasteiger partial charge in [0.05, 0.1) is 37.2 Å². The van der Waals surface area contributed by atoms with E-state index in [9.17, 15) is 24.3 Å². The molecule has 1 atom stereocenters. The van der Waals surface area contributed by atoms with Gasteiger partial charge in [-0.1, -0.05) is 26.3 Å². The number of unbranched alkanes of at least 4 members (excludes halogenated alkanes) is 1. The average molecular weight is 901 g/mol. The molecule has 16 heteroatoms. The molecule has 0 aliphatic heterocycles. The third kappa shape index (κ3) is 11.2. The molecule has 4 aliphatic carbocycles. The lowest BCUT2D eigenvalue weighted by atomic mass is 9.48. The number of methoxy groups -OCH3 is 2. The molecule has 2 aromatic carbocycles. The maximum Gasteiger partial charge on any atom is 0.330 e. The van der Waals surface area contributed by atoms with Crippen LogP contribution in [0.2, 0.25) is 1.41 Å². The van der Waals surface area contributed by atoms with Gasteiger partial charge < -0.3 is 41.2 Å². The van der Waals surface area contributed by atoms with E-state index in [1.807, 2.05) is 58.3 Å². The number of hydrogen-bond acceptors (Lipinski definition) is 11. The molecule has 65 heavy (non-hydrogen) atoms. The fraction of sp³-hybridized carbons (Fsp3) is 0.612. The number of carbonyl (C=O) groups is 4. The van der Waals surface area contributed by atoms with Crippen molar-refractivity contribution in [3.63, 3.8) is 0 Å². The highest BCUT2D eigenvalue weighted by Gasteiger charge is 2.62. The van der Waals surface area contributed by atoms with Gasteiger partial charge in [0.1, 0.15) is 18.4 Å². The van der Waals surface area contributed by atoms with E-state index in [-0.39, 0.29) is 35.3 Å². The van der Waals surface area contributed by atoms with Gasteiger partial charge in [-0.3, -0.25) is 24.6 Å². The molecular formula is C49H73N9O7. The number of nitrogens with two attached hydrogens (primary N) is 2. The van der Waals surface area contributed by atoms with E-state index in [0.29, 0.717) is 72.0 Å². The summed E-state index contributed by atoms with van der Waals surface area (Å²) in [5.74, 6) is -0.243. The number of ether oxygens (including phenoxy) is 2. The Kier molecular flexibility index (Phi) is 16.2. The average Bonchev–Trinajstić information content (AvgIpc) is 3.73. The van der Waals surface area contributed by atoms with Crippen LogP contribution in [0.5, 0.6) is 11.5 Å². The Morgan fingerprint density at radius 2 is 1.52 bits per heavy atom. The van der Waals surface area contributed by atoms with Crippen LogP contribution in [0.1, 0.15) is 110 Å². The maximum atomic E-state index is 14.4. The number of hydrogen-bond donors (Lipinski definition) is 5. The molecule has 0 saturated heterocycles. The van der Waals surface area contributed by atoms with Gasteiger partial charge in [0, 0.05) is 32.4 Å². The van der Waals surface area contributed by atoms with Crippen LogP contribution in [-0.4, -0.2) is 140 Å². The zero-order chi connectivity index (χ0) is 47.7. The Hall–Kier alpha value is -5.03. The van der Waals surface area contributed by atoms with Crippen molar-refractivity contribution in [1.29, 1.82) is 0 Å². The molecule has 4 aliphatic rings. The zero-order valence-corrected chi connectivity index (χ0v) is 39.5. The summed E-state index contributed by atoms with van der Waals surface area (Å²) in [6.07, 6.45) is 8.37. The number of carboxylic acid groups (broad SMARTS) is 1. The number of carboxylic acids is 1. The number of nitrogens with zero attached hydrogens (tertiary/aromatic N) is 5. The van der Waals surface area contributed by atoms with Gasteiger partial charge in [-0.25, -0.2) is 9.48 Å². The highest BCUT2D eigenvalue weighted by Crippen LogP contribution is 2.58. The largest absolute Gasteiger partial charge is 0.496 e. The smallest absolute Gasteiger partial charge is 0.330 e. The van der Waals surface area contributed by atoms with E-state index in [1.54, 1.807) is 35.9 Å². The molecule has 356 valence electrons. The molecule has 3 aromatic rings. The number of carbonyl (C=O) groups excluding carboxylic acids is 3. The van der Waals surface area contributed by atoms with E-state index >= 15 is 0 Å². The number of amides is 3. The minimum Gasteiger partial charge on any atom is -0.496 e. The number of benzene rings is 2. The third-order valence-corrected chi connectivity index (χ3v) is 14.2. The van der Waals surface area contributed by atoms with Gasteiger partial charge in [0.25, 0.3) is 11.8 Å². The molecule has 4 saturated carbocycles.